The Morgan fingerprint density at radius 3 is 2.35 bits per heavy atom. The molecule has 0 atom stereocenters. The number of hydrogen-bond acceptors (Lipinski definition) is 1. The first kappa shape index (κ1) is 10.6. The lowest BCUT2D eigenvalue weighted by Crippen LogP contribution is -1.90. The minimum absolute atomic E-state index is 0.702. The number of halogens is 2. The van der Waals surface area contributed by atoms with Crippen LogP contribution in [0.25, 0.3) is 16.7 Å². The van der Waals surface area contributed by atoms with Gasteiger partial charge in [0.05, 0.1) is 11.0 Å². The van der Waals surface area contributed by atoms with Crippen molar-refractivity contribution in [3.05, 3.63) is 58.8 Å². The first-order valence-electron chi connectivity index (χ1n) is 5.12. The third kappa shape index (κ3) is 1.90. The highest BCUT2D eigenvalue weighted by atomic mass is 35.5. The van der Waals surface area contributed by atoms with Crippen LogP contribution >= 0.6 is 23.2 Å². The van der Waals surface area contributed by atoms with Crippen LogP contribution in [-0.4, -0.2) is 9.55 Å². The lowest BCUT2D eigenvalue weighted by atomic mass is 10.3. The number of benzene rings is 2. The highest BCUT2D eigenvalue weighted by Crippen LogP contribution is 2.22. The summed E-state index contributed by atoms with van der Waals surface area (Å²) in [4.78, 5) is 4.33. The van der Waals surface area contributed by atoms with Crippen molar-refractivity contribution in [2.45, 2.75) is 0 Å². The Morgan fingerprint density at radius 2 is 1.59 bits per heavy atom. The van der Waals surface area contributed by atoms with Crippen LogP contribution in [0, 0.1) is 0 Å². The molecule has 3 rings (SSSR count). The van der Waals surface area contributed by atoms with Gasteiger partial charge in [-0.3, -0.25) is 4.57 Å². The van der Waals surface area contributed by atoms with Gasteiger partial charge < -0.3 is 0 Å². The van der Waals surface area contributed by atoms with E-state index < -0.39 is 0 Å². The van der Waals surface area contributed by atoms with Crippen LogP contribution in [0.3, 0.4) is 0 Å². The van der Waals surface area contributed by atoms with E-state index in [1.807, 2.05) is 47.0 Å². The van der Waals surface area contributed by atoms with Crippen molar-refractivity contribution >= 4 is 34.2 Å². The maximum absolute atomic E-state index is 6.00. The Labute approximate surface area is 108 Å². The minimum Gasteiger partial charge on any atom is -0.299 e. The normalized spacial score (nSPS) is 10.9. The standard InChI is InChI=1S/C13H8Cl2N2/c14-9-1-4-11(5-2-9)17-8-16-12-6-3-10(15)7-13(12)17/h1-8H. The summed E-state index contributed by atoms with van der Waals surface area (Å²) in [6.07, 6.45) is 1.78. The molecule has 2 nitrogen and oxygen atoms in total. The molecule has 0 radical (unpaired) electrons. The van der Waals surface area contributed by atoms with Crippen molar-refractivity contribution in [1.29, 1.82) is 0 Å². The lowest BCUT2D eigenvalue weighted by Gasteiger charge is -2.04. The van der Waals surface area contributed by atoms with Gasteiger partial charge in [0.25, 0.3) is 0 Å². The zero-order valence-corrected chi connectivity index (χ0v) is 10.3. The van der Waals surface area contributed by atoms with E-state index in [0.717, 1.165) is 21.7 Å². The zero-order chi connectivity index (χ0) is 11.8. The number of imidazole rings is 1. The fourth-order valence-corrected chi connectivity index (χ4v) is 2.08. The van der Waals surface area contributed by atoms with Crippen molar-refractivity contribution in [1.82, 2.24) is 9.55 Å². The van der Waals surface area contributed by atoms with Crippen LogP contribution in [0.1, 0.15) is 0 Å². The van der Waals surface area contributed by atoms with Crippen molar-refractivity contribution in [3.63, 3.8) is 0 Å². The summed E-state index contributed by atoms with van der Waals surface area (Å²) in [6, 6.07) is 13.3. The molecule has 3 aromatic rings. The Morgan fingerprint density at radius 1 is 0.882 bits per heavy atom. The molecule has 2 aromatic carbocycles. The van der Waals surface area contributed by atoms with Crippen molar-refractivity contribution in [3.8, 4) is 5.69 Å². The van der Waals surface area contributed by atoms with Gasteiger partial charge in [-0.1, -0.05) is 23.2 Å². The number of aromatic nitrogens is 2. The zero-order valence-electron chi connectivity index (χ0n) is 8.77. The summed E-state index contributed by atoms with van der Waals surface area (Å²) >= 11 is 11.9. The molecule has 0 bridgehead atoms. The molecule has 0 N–H and O–H groups in total. The number of nitrogens with zero attached hydrogens (tertiary/aromatic N) is 2. The summed E-state index contributed by atoms with van der Waals surface area (Å²) in [7, 11) is 0. The average molecular weight is 263 g/mol. The van der Waals surface area contributed by atoms with Crippen LogP contribution in [0.2, 0.25) is 10.0 Å². The number of rotatable bonds is 1. The summed E-state index contributed by atoms with van der Waals surface area (Å²) in [6.45, 7) is 0. The molecule has 0 unspecified atom stereocenters. The predicted molar refractivity (Wildman–Crippen MR) is 71.1 cm³/mol. The van der Waals surface area contributed by atoms with Crippen molar-refractivity contribution < 1.29 is 0 Å². The number of hydrogen-bond donors (Lipinski definition) is 0. The Kier molecular flexibility index (Phi) is 2.54. The van der Waals surface area contributed by atoms with Gasteiger partial charge in [0, 0.05) is 15.7 Å². The largest absolute Gasteiger partial charge is 0.299 e. The maximum atomic E-state index is 6.00. The molecule has 0 aliphatic rings. The van der Waals surface area contributed by atoms with Crippen LogP contribution in [0.15, 0.2) is 48.8 Å². The first-order chi connectivity index (χ1) is 8.24. The van der Waals surface area contributed by atoms with Crippen LogP contribution in [0.5, 0.6) is 0 Å². The van der Waals surface area contributed by atoms with Crippen LogP contribution < -0.4 is 0 Å². The maximum Gasteiger partial charge on any atom is 0.100 e. The van der Waals surface area contributed by atoms with E-state index in [2.05, 4.69) is 4.98 Å². The van der Waals surface area contributed by atoms with Crippen molar-refractivity contribution in [2.75, 3.05) is 0 Å². The quantitative estimate of drug-likeness (QED) is 0.638. The molecule has 1 heterocycles. The second-order valence-corrected chi connectivity index (χ2v) is 4.60. The Bertz CT molecular complexity index is 671. The van der Waals surface area contributed by atoms with E-state index in [1.54, 1.807) is 6.33 Å². The van der Waals surface area contributed by atoms with Gasteiger partial charge in [-0.05, 0) is 42.5 Å². The molecule has 1 aromatic heterocycles. The summed E-state index contributed by atoms with van der Waals surface area (Å²) in [5, 5.41) is 1.42. The molecule has 0 saturated carbocycles. The van der Waals surface area contributed by atoms with Gasteiger partial charge >= 0.3 is 0 Å². The first-order valence-corrected chi connectivity index (χ1v) is 5.88. The second kappa shape index (κ2) is 4.06. The van der Waals surface area contributed by atoms with Gasteiger partial charge in [-0.15, -0.1) is 0 Å². The predicted octanol–water partition coefficient (Wildman–Crippen LogP) is 4.33. The van der Waals surface area contributed by atoms with Gasteiger partial charge in [0.15, 0.2) is 0 Å². The highest BCUT2D eigenvalue weighted by Gasteiger charge is 2.04. The van der Waals surface area contributed by atoms with E-state index in [-0.39, 0.29) is 0 Å². The monoisotopic (exact) mass is 262 g/mol. The molecule has 0 fully saturated rings. The Balaban J connectivity index is 2.23. The van der Waals surface area contributed by atoms with E-state index >= 15 is 0 Å². The van der Waals surface area contributed by atoms with Crippen LogP contribution in [0.4, 0.5) is 0 Å². The molecule has 4 heteroatoms. The molecule has 0 spiro atoms. The SMILES string of the molecule is Clc1ccc(-n2cnc3ccc(Cl)cc32)cc1. The summed E-state index contributed by atoms with van der Waals surface area (Å²) in [5.74, 6) is 0. The second-order valence-electron chi connectivity index (χ2n) is 3.72. The van der Waals surface area contributed by atoms with E-state index in [1.165, 1.54) is 0 Å². The van der Waals surface area contributed by atoms with Gasteiger partial charge in [-0.2, -0.15) is 0 Å². The Hall–Kier alpha value is -1.51. The van der Waals surface area contributed by atoms with Crippen molar-refractivity contribution in [2.24, 2.45) is 0 Å². The molecular weight excluding hydrogens is 255 g/mol. The molecule has 0 aliphatic heterocycles. The average Bonchev–Trinajstić information content (AvgIpc) is 2.73. The molecule has 0 amide bonds. The summed E-state index contributed by atoms with van der Waals surface area (Å²) in [5.41, 5.74) is 2.92. The third-order valence-corrected chi connectivity index (χ3v) is 3.10. The van der Waals surface area contributed by atoms with Gasteiger partial charge in [0.2, 0.25) is 0 Å². The van der Waals surface area contributed by atoms with E-state index in [0.29, 0.717) is 5.02 Å². The van der Waals surface area contributed by atoms with E-state index in [4.69, 9.17) is 23.2 Å². The van der Waals surface area contributed by atoms with Crippen LogP contribution in [-0.2, 0) is 0 Å². The van der Waals surface area contributed by atoms with Gasteiger partial charge in [0.1, 0.15) is 6.33 Å². The smallest absolute Gasteiger partial charge is 0.100 e. The highest BCUT2D eigenvalue weighted by molar-refractivity contribution is 6.31. The molecule has 84 valence electrons. The molecule has 17 heavy (non-hydrogen) atoms. The topological polar surface area (TPSA) is 17.8 Å². The lowest BCUT2D eigenvalue weighted by molar-refractivity contribution is 1.09. The number of fused-ring (bicyclic) bond motifs is 1. The minimum atomic E-state index is 0.702. The third-order valence-electron chi connectivity index (χ3n) is 2.61. The fourth-order valence-electron chi connectivity index (χ4n) is 1.79. The fraction of sp³-hybridized carbons (Fsp3) is 0. The van der Waals surface area contributed by atoms with E-state index in [9.17, 15) is 0 Å². The summed E-state index contributed by atoms with van der Waals surface area (Å²) < 4.78 is 1.98. The molecular formula is C13H8Cl2N2. The van der Waals surface area contributed by atoms with Gasteiger partial charge in [-0.25, -0.2) is 4.98 Å². The molecule has 0 saturated heterocycles. The molecule has 0 aliphatic carbocycles.